The zero-order valence-electron chi connectivity index (χ0n) is 17.5. The maximum atomic E-state index is 14.0. The van der Waals surface area contributed by atoms with E-state index >= 15 is 0 Å². The Morgan fingerprint density at radius 1 is 1.13 bits per heavy atom. The highest BCUT2D eigenvalue weighted by Gasteiger charge is 2.25. The second-order valence-electron chi connectivity index (χ2n) is 8.56. The van der Waals surface area contributed by atoms with Crippen LogP contribution in [0.3, 0.4) is 0 Å². The molecule has 30 heavy (non-hydrogen) atoms. The Hall–Kier alpha value is -2.58. The number of piperazine rings is 1. The van der Waals surface area contributed by atoms with Gasteiger partial charge < -0.3 is 4.90 Å². The number of benzene rings is 1. The summed E-state index contributed by atoms with van der Waals surface area (Å²) in [5.41, 5.74) is 1.83. The first kappa shape index (κ1) is 20.7. The van der Waals surface area contributed by atoms with E-state index in [2.05, 4.69) is 36.1 Å². The van der Waals surface area contributed by atoms with Crippen LogP contribution in [0.4, 0.5) is 4.39 Å². The number of aromatic nitrogens is 3. The normalized spacial score (nSPS) is 15.5. The summed E-state index contributed by atoms with van der Waals surface area (Å²) in [5, 5.41) is 7.57. The fourth-order valence-corrected chi connectivity index (χ4v) is 4.33. The van der Waals surface area contributed by atoms with E-state index in [9.17, 15) is 9.18 Å². The number of halogens is 1. The van der Waals surface area contributed by atoms with E-state index in [1.807, 2.05) is 4.90 Å². The van der Waals surface area contributed by atoms with Gasteiger partial charge in [-0.2, -0.15) is 5.10 Å². The summed E-state index contributed by atoms with van der Waals surface area (Å²) in [6, 6.07) is 8.03. The molecule has 0 radical (unpaired) electrons. The van der Waals surface area contributed by atoms with Gasteiger partial charge in [-0.15, -0.1) is 11.3 Å². The monoisotopic (exact) mass is 427 g/mol. The average Bonchev–Trinajstić information content (AvgIpc) is 3.38. The Labute approximate surface area is 180 Å². The fourth-order valence-electron chi connectivity index (χ4n) is 3.43. The van der Waals surface area contributed by atoms with E-state index in [-0.39, 0.29) is 17.1 Å². The van der Waals surface area contributed by atoms with Crippen molar-refractivity contribution in [3.05, 3.63) is 64.1 Å². The number of amides is 1. The fraction of sp³-hybridized carbons (Fsp3) is 0.409. The van der Waals surface area contributed by atoms with Crippen molar-refractivity contribution in [2.75, 3.05) is 26.2 Å². The van der Waals surface area contributed by atoms with E-state index in [0.717, 1.165) is 30.3 Å². The van der Waals surface area contributed by atoms with Crippen LogP contribution in [0.15, 0.2) is 41.9 Å². The topological polar surface area (TPSA) is 54.3 Å². The van der Waals surface area contributed by atoms with Crippen molar-refractivity contribution in [3.8, 4) is 5.69 Å². The lowest BCUT2D eigenvalue weighted by molar-refractivity contribution is 0.0621. The van der Waals surface area contributed by atoms with Gasteiger partial charge in [-0.1, -0.05) is 32.9 Å². The molecule has 0 N–H and O–H groups in total. The standard InChI is InChI=1S/C22H26FN5OS/c1-22(2,3)21-24-16(15-30-21)14-26-10-12-27(13-11-26)20(29)18-8-9-28(25-18)19-7-5-4-6-17(19)23/h4-9,15H,10-14H2,1-3H3. The molecule has 158 valence electrons. The molecule has 0 saturated carbocycles. The average molecular weight is 428 g/mol. The van der Waals surface area contributed by atoms with Crippen LogP contribution in [0.5, 0.6) is 0 Å². The maximum absolute atomic E-state index is 14.0. The summed E-state index contributed by atoms with van der Waals surface area (Å²) in [7, 11) is 0. The molecular formula is C22H26FN5OS. The van der Waals surface area contributed by atoms with Crippen LogP contribution < -0.4 is 0 Å². The van der Waals surface area contributed by atoms with Gasteiger partial charge in [0.1, 0.15) is 11.5 Å². The molecule has 2 aromatic heterocycles. The molecule has 1 fully saturated rings. The summed E-state index contributed by atoms with van der Waals surface area (Å²) in [6.07, 6.45) is 1.62. The highest BCUT2D eigenvalue weighted by atomic mass is 32.1. The van der Waals surface area contributed by atoms with Crippen LogP contribution in [0.2, 0.25) is 0 Å². The van der Waals surface area contributed by atoms with Crippen LogP contribution in [0, 0.1) is 5.82 Å². The molecule has 0 aliphatic carbocycles. The lowest BCUT2D eigenvalue weighted by Crippen LogP contribution is -2.48. The molecule has 1 amide bonds. The minimum atomic E-state index is -0.370. The lowest BCUT2D eigenvalue weighted by atomic mass is 9.98. The Morgan fingerprint density at radius 3 is 2.53 bits per heavy atom. The number of rotatable bonds is 4. The van der Waals surface area contributed by atoms with E-state index in [1.54, 1.807) is 41.8 Å². The van der Waals surface area contributed by atoms with Crippen LogP contribution in [-0.2, 0) is 12.0 Å². The second-order valence-corrected chi connectivity index (χ2v) is 9.42. The third-order valence-electron chi connectivity index (χ3n) is 5.15. The molecule has 0 atom stereocenters. The van der Waals surface area contributed by atoms with Crippen molar-refractivity contribution in [3.63, 3.8) is 0 Å². The molecule has 1 saturated heterocycles. The molecule has 3 aromatic rings. The smallest absolute Gasteiger partial charge is 0.274 e. The minimum absolute atomic E-state index is 0.0695. The van der Waals surface area contributed by atoms with Crippen LogP contribution in [0.1, 0.15) is 42.0 Å². The van der Waals surface area contributed by atoms with Gasteiger partial charge in [0.25, 0.3) is 5.91 Å². The van der Waals surface area contributed by atoms with Crippen molar-refractivity contribution < 1.29 is 9.18 Å². The van der Waals surface area contributed by atoms with Crippen molar-refractivity contribution in [2.45, 2.75) is 32.7 Å². The number of hydrogen-bond acceptors (Lipinski definition) is 5. The number of carbonyl (C=O) groups excluding carboxylic acids is 1. The molecular weight excluding hydrogens is 401 g/mol. The van der Waals surface area contributed by atoms with Gasteiger partial charge >= 0.3 is 0 Å². The molecule has 0 spiro atoms. The van der Waals surface area contributed by atoms with Crippen molar-refractivity contribution in [1.29, 1.82) is 0 Å². The zero-order valence-corrected chi connectivity index (χ0v) is 18.3. The Balaban J connectivity index is 1.35. The van der Waals surface area contributed by atoms with Gasteiger partial charge in [0.05, 0.1) is 10.7 Å². The lowest BCUT2D eigenvalue weighted by Gasteiger charge is -2.34. The van der Waals surface area contributed by atoms with Gasteiger partial charge in [-0.3, -0.25) is 9.69 Å². The number of carbonyl (C=O) groups is 1. The van der Waals surface area contributed by atoms with E-state index in [1.165, 1.54) is 10.7 Å². The number of para-hydroxylation sites is 1. The van der Waals surface area contributed by atoms with Crippen LogP contribution in [-0.4, -0.2) is 56.7 Å². The first-order valence-corrected chi connectivity index (χ1v) is 11.0. The van der Waals surface area contributed by atoms with E-state index in [0.29, 0.717) is 24.5 Å². The van der Waals surface area contributed by atoms with E-state index in [4.69, 9.17) is 4.98 Å². The van der Waals surface area contributed by atoms with Gasteiger partial charge in [-0.25, -0.2) is 14.1 Å². The van der Waals surface area contributed by atoms with Crippen molar-refractivity contribution in [2.24, 2.45) is 0 Å². The van der Waals surface area contributed by atoms with Gasteiger partial charge in [-0.05, 0) is 18.2 Å². The molecule has 0 bridgehead atoms. The Bertz CT molecular complexity index is 1030. The number of thiazole rings is 1. The molecule has 1 aliphatic heterocycles. The molecule has 3 heterocycles. The van der Waals surface area contributed by atoms with Gasteiger partial charge in [0.15, 0.2) is 5.69 Å². The first-order valence-electron chi connectivity index (χ1n) is 10.1. The van der Waals surface area contributed by atoms with E-state index < -0.39 is 0 Å². The van der Waals surface area contributed by atoms with Gasteiger partial charge in [0.2, 0.25) is 0 Å². The molecule has 6 nitrogen and oxygen atoms in total. The zero-order chi connectivity index (χ0) is 21.3. The molecule has 1 aromatic carbocycles. The predicted octanol–water partition coefficient (Wildman–Crippen LogP) is 3.72. The molecule has 0 unspecified atom stereocenters. The number of nitrogens with zero attached hydrogens (tertiary/aromatic N) is 5. The highest BCUT2D eigenvalue weighted by Crippen LogP contribution is 2.26. The Morgan fingerprint density at radius 2 is 1.87 bits per heavy atom. The molecule has 1 aliphatic rings. The largest absolute Gasteiger partial charge is 0.335 e. The first-order chi connectivity index (χ1) is 14.3. The Kier molecular flexibility index (Phi) is 5.71. The molecule has 4 rings (SSSR count). The third-order valence-corrected chi connectivity index (χ3v) is 6.46. The summed E-state index contributed by atoms with van der Waals surface area (Å²) >= 11 is 1.71. The van der Waals surface area contributed by atoms with Crippen molar-refractivity contribution in [1.82, 2.24) is 24.6 Å². The highest BCUT2D eigenvalue weighted by molar-refractivity contribution is 7.09. The maximum Gasteiger partial charge on any atom is 0.274 e. The van der Waals surface area contributed by atoms with Crippen molar-refractivity contribution >= 4 is 17.2 Å². The SMILES string of the molecule is CC(C)(C)c1nc(CN2CCN(C(=O)c3ccn(-c4ccccc4F)n3)CC2)cs1. The minimum Gasteiger partial charge on any atom is -0.335 e. The van der Waals surface area contributed by atoms with Crippen LogP contribution >= 0.6 is 11.3 Å². The molecule has 8 heteroatoms. The quantitative estimate of drug-likeness (QED) is 0.637. The summed E-state index contributed by atoms with van der Waals surface area (Å²) in [5.74, 6) is -0.488. The summed E-state index contributed by atoms with van der Waals surface area (Å²) < 4.78 is 15.4. The van der Waals surface area contributed by atoms with Crippen LogP contribution in [0.25, 0.3) is 5.69 Å². The number of hydrogen-bond donors (Lipinski definition) is 0. The summed E-state index contributed by atoms with van der Waals surface area (Å²) in [4.78, 5) is 21.7. The second kappa shape index (κ2) is 8.28. The van der Waals surface area contributed by atoms with Gasteiger partial charge in [0, 0.05) is 49.7 Å². The predicted molar refractivity (Wildman–Crippen MR) is 116 cm³/mol. The third kappa shape index (κ3) is 4.44. The summed E-state index contributed by atoms with van der Waals surface area (Å²) in [6.45, 7) is 10.2.